The molecule has 28 atom stereocenters. The highest BCUT2D eigenvalue weighted by Gasteiger charge is 2.69. The van der Waals surface area contributed by atoms with Gasteiger partial charge in [-0.2, -0.15) is 0 Å². The molecule has 9 aliphatic rings. The van der Waals surface area contributed by atoms with Crippen LogP contribution in [0.2, 0.25) is 0 Å². The van der Waals surface area contributed by atoms with Gasteiger partial charge in [0.2, 0.25) is 0 Å². The summed E-state index contributed by atoms with van der Waals surface area (Å²) in [4.78, 5) is 0. The zero-order valence-electron chi connectivity index (χ0n) is 37.2. The van der Waals surface area contributed by atoms with Gasteiger partial charge in [-0.05, 0) is 105 Å². The van der Waals surface area contributed by atoms with Crippen molar-refractivity contribution in [3.8, 4) is 0 Å². The summed E-state index contributed by atoms with van der Waals surface area (Å²) in [6, 6.07) is 0. The molecule has 362 valence electrons. The summed E-state index contributed by atoms with van der Waals surface area (Å²) in [7, 11) is 0. The Morgan fingerprint density at radius 3 is 1.95 bits per heavy atom. The minimum Gasteiger partial charge on any atom is -0.394 e. The van der Waals surface area contributed by atoms with E-state index in [0.717, 1.165) is 51.6 Å². The highest BCUT2D eigenvalue weighted by molar-refractivity contribution is 5.16. The molecule has 10 N–H and O–H groups in total. The summed E-state index contributed by atoms with van der Waals surface area (Å²) in [5.74, 6) is 2.42. The molecule has 0 radical (unpaired) electrons. The Balaban J connectivity index is 0.919. The number of ether oxygens (including phenoxy) is 8. The number of aliphatic hydroxyl groups excluding tert-OH is 10. The molecule has 0 unspecified atom stereocenters. The van der Waals surface area contributed by atoms with Crippen molar-refractivity contribution in [2.24, 2.45) is 52.3 Å². The van der Waals surface area contributed by atoms with Crippen molar-refractivity contribution in [1.82, 2.24) is 0 Å². The fraction of sp³-hybridized carbons (Fsp3) is 1.00. The van der Waals surface area contributed by atoms with Crippen molar-refractivity contribution in [3.63, 3.8) is 0 Å². The van der Waals surface area contributed by atoms with Gasteiger partial charge in [0, 0.05) is 12.3 Å². The molecule has 5 heterocycles. The van der Waals surface area contributed by atoms with Crippen LogP contribution in [0.25, 0.3) is 0 Å². The monoisotopic (exact) mass is 902 g/mol. The normalized spacial score (nSPS) is 59.4. The highest BCUT2D eigenvalue weighted by Crippen LogP contribution is 2.71. The molecule has 0 aromatic heterocycles. The average Bonchev–Trinajstić information content (AvgIpc) is 3.70. The highest BCUT2D eigenvalue weighted by atomic mass is 16.8. The molecular weight excluding hydrogens is 828 g/mol. The molecule has 18 heteroatoms. The van der Waals surface area contributed by atoms with Gasteiger partial charge in [0.25, 0.3) is 0 Å². The summed E-state index contributed by atoms with van der Waals surface area (Å²) in [5, 5.41) is 108. The van der Waals surface area contributed by atoms with E-state index in [-0.39, 0.29) is 22.9 Å². The average molecular weight is 903 g/mol. The Bertz CT molecular complexity index is 1580. The van der Waals surface area contributed by atoms with Gasteiger partial charge in [-0.3, -0.25) is 0 Å². The van der Waals surface area contributed by atoms with E-state index in [1.54, 1.807) is 0 Å². The molecule has 4 aliphatic carbocycles. The lowest BCUT2D eigenvalue weighted by molar-refractivity contribution is -0.393. The lowest BCUT2D eigenvalue weighted by atomic mass is 9.44. The molecule has 18 nitrogen and oxygen atoms in total. The Morgan fingerprint density at radius 1 is 0.603 bits per heavy atom. The molecule has 9 rings (SSSR count). The predicted octanol–water partition coefficient (Wildman–Crippen LogP) is -0.735. The second-order valence-electron chi connectivity index (χ2n) is 21.7. The quantitative estimate of drug-likeness (QED) is 0.134. The molecule has 5 saturated heterocycles. The van der Waals surface area contributed by atoms with Crippen LogP contribution >= 0.6 is 0 Å². The molecule has 0 aromatic carbocycles. The van der Waals surface area contributed by atoms with Crippen LogP contribution < -0.4 is 0 Å². The van der Waals surface area contributed by atoms with Crippen molar-refractivity contribution >= 4 is 0 Å². The van der Waals surface area contributed by atoms with Gasteiger partial charge >= 0.3 is 0 Å². The molecule has 5 aliphatic heterocycles. The Kier molecular flexibility index (Phi) is 13.3. The maximum atomic E-state index is 12.1. The largest absolute Gasteiger partial charge is 0.394 e. The Labute approximate surface area is 369 Å². The van der Waals surface area contributed by atoms with E-state index in [0.29, 0.717) is 48.3 Å². The van der Waals surface area contributed by atoms with Crippen LogP contribution in [-0.4, -0.2) is 187 Å². The van der Waals surface area contributed by atoms with Crippen molar-refractivity contribution in [1.29, 1.82) is 0 Å². The fourth-order valence-electron chi connectivity index (χ4n) is 14.7. The van der Waals surface area contributed by atoms with Crippen molar-refractivity contribution in [2.45, 2.75) is 209 Å². The lowest BCUT2D eigenvalue weighted by Crippen LogP contribution is -2.67. The minimum absolute atomic E-state index is 0.143. The van der Waals surface area contributed by atoms with Gasteiger partial charge in [0.1, 0.15) is 67.1 Å². The number of hydrogen-bond donors (Lipinski definition) is 10. The van der Waals surface area contributed by atoms with Crippen LogP contribution in [0.1, 0.15) is 92.4 Å². The number of aliphatic hydroxyl groups is 10. The molecule has 1 spiro atoms. The molecule has 0 bridgehead atoms. The van der Waals surface area contributed by atoms with Crippen molar-refractivity contribution in [2.75, 3.05) is 19.8 Å². The van der Waals surface area contributed by atoms with Gasteiger partial charge in [0.05, 0.1) is 44.2 Å². The predicted molar refractivity (Wildman–Crippen MR) is 216 cm³/mol. The van der Waals surface area contributed by atoms with Crippen molar-refractivity contribution in [3.05, 3.63) is 0 Å². The van der Waals surface area contributed by atoms with Crippen molar-refractivity contribution < 1.29 is 89.0 Å². The van der Waals surface area contributed by atoms with Gasteiger partial charge in [0.15, 0.2) is 24.7 Å². The van der Waals surface area contributed by atoms with Gasteiger partial charge in [-0.25, -0.2) is 0 Å². The van der Waals surface area contributed by atoms with E-state index in [2.05, 4.69) is 27.7 Å². The zero-order chi connectivity index (χ0) is 45.1. The van der Waals surface area contributed by atoms with Gasteiger partial charge < -0.3 is 89.0 Å². The van der Waals surface area contributed by atoms with E-state index in [4.69, 9.17) is 37.9 Å². The van der Waals surface area contributed by atoms with E-state index in [1.165, 1.54) is 6.92 Å². The molecule has 63 heavy (non-hydrogen) atoms. The first-order chi connectivity index (χ1) is 29.8. The minimum atomic E-state index is -1.86. The first-order valence-corrected chi connectivity index (χ1v) is 23.8. The van der Waals surface area contributed by atoms with Gasteiger partial charge in [-0.15, -0.1) is 0 Å². The van der Waals surface area contributed by atoms with Crippen LogP contribution in [0.5, 0.6) is 0 Å². The molecule has 0 amide bonds. The fourth-order valence-corrected chi connectivity index (χ4v) is 14.7. The second kappa shape index (κ2) is 17.7. The smallest absolute Gasteiger partial charge is 0.187 e. The van der Waals surface area contributed by atoms with Crippen LogP contribution in [0.15, 0.2) is 0 Å². The third-order valence-corrected chi connectivity index (χ3v) is 18.3. The summed E-state index contributed by atoms with van der Waals surface area (Å²) >= 11 is 0. The first kappa shape index (κ1) is 47.4. The number of hydrogen-bond acceptors (Lipinski definition) is 18. The summed E-state index contributed by atoms with van der Waals surface area (Å²) in [6.07, 6.45) is -17.1. The SMILES string of the molecule is C[C@H]1CC[C@@]2(OC1)O[C@H]1C[C@H]3[C@@H]4CC[C@@H]5C[C@@H](O[C@@H]6O[C@H](CO)[C@@H](O[C@@H]7O[C@@H](C)[C@H](O)[C@@H](O)[C@H]7O)[C@H](O)[C@H]6O[C@@H]6O[C@H](CO)[C@@H](O)[C@H](O)[C@H]6O)[C@@H](O)C[C@]5(C)[C@H]4CC[C@]3(C)[C@H]1[C@@H]2C. The molecular formula is C45H74O18. The molecule has 4 saturated carbocycles. The summed E-state index contributed by atoms with van der Waals surface area (Å²) < 4.78 is 49.7. The first-order valence-electron chi connectivity index (χ1n) is 23.8. The number of rotatable bonds is 8. The third kappa shape index (κ3) is 7.79. The van der Waals surface area contributed by atoms with Crippen LogP contribution in [0.4, 0.5) is 0 Å². The van der Waals surface area contributed by atoms with Crippen LogP contribution in [-0.2, 0) is 37.9 Å². The maximum Gasteiger partial charge on any atom is 0.187 e. The maximum absolute atomic E-state index is 12.1. The zero-order valence-corrected chi connectivity index (χ0v) is 37.2. The third-order valence-electron chi connectivity index (χ3n) is 18.3. The van der Waals surface area contributed by atoms with Crippen LogP contribution in [0.3, 0.4) is 0 Å². The standard InChI is InChI=1S/C45H74O18/c1-18-8-11-45(56-17-18)19(2)30-27(63-45)13-24-22-7-6-21-12-26(25(48)14-44(21,5)23(22)9-10-43(24,30)4)58-42-39(62-41-36(54)34(52)32(50)28(15-46)59-41)37(55)38(29(16-47)60-42)61-40-35(53)33(51)31(49)20(3)57-40/h18-42,46-55H,6-17H2,1-5H3/t18-,19-,20-,21+,22+,23-,24-,25-,26+,27-,28+,29+,30-,31-,32+,33+,34-,35+,36+,37-,38+,39+,40-,41-,42+,43-,44-,45+/m0/s1. The van der Waals surface area contributed by atoms with Gasteiger partial charge in [-0.1, -0.05) is 27.7 Å². The van der Waals surface area contributed by atoms with Crippen LogP contribution in [0, 0.1) is 52.3 Å². The second-order valence-corrected chi connectivity index (χ2v) is 21.7. The molecule has 0 aromatic rings. The Morgan fingerprint density at radius 2 is 1.27 bits per heavy atom. The lowest BCUT2D eigenvalue weighted by Gasteiger charge is -2.62. The Hall–Kier alpha value is -0.720. The van der Waals surface area contributed by atoms with E-state index in [1.807, 2.05) is 0 Å². The molecule has 9 fully saturated rings. The summed E-state index contributed by atoms with van der Waals surface area (Å²) in [5.41, 5.74) is -0.0386. The summed E-state index contributed by atoms with van der Waals surface area (Å²) in [6.45, 7) is 10.2. The van der Waals surface area contributed by atoms with E-state index < -0.39 is 123 Å². The van der Waals surface area contributed by atoms with E-state index >= 15 is 0 Å². The van der Waals surface area contributed by atoms with E-state index in [9.17, 15) is 51.1 Å². The number of fused-ring (bicyclic) bond motifs is 7. The topological polar surface area (TPSA) is 276 Å².